The van der Waals surface area contributed by atoms with Crippen LogP contribution in [0.4, 0.5) is 5.82 Å². The number of nitrogens with zero attached hydrogens (tertiary/aromatic N) is 2. The van der Waals surface area contributed by atoms with Crippen molar-refractivity contribution in [2.24, 2.45) is 11.7 Å². The molecule has 1 aromatic rings. The average molecular weight is 262 g/mol. The first-order valence-corrected chi connectivity index (χ1v) is 6.88. The van der Waals surface area contributed by atoms with Gasteiger partial charge in [-0.1, -0.05) is 12.2 Å². The minimum absolute atomic E-state index is 0.425. The number of aromatic nitrogens is 1. The highest BCUT2D eigenvalue weighted by Gasteiger charge is 2.34. The van der Waals surface area contributed by atoms with E-state index in [1.807, 2.05) is 12.1 Å². The van der Waals surface area contributed by atoms with Gasteiger partial charge in [-0.2, -0.15) is 0 Å². The Bertz CT molecular complexity index is 454. The van der Waals surface area contributed by atoms with E-state index in [0.717, 1.165) is 23.8 Å². The smallest absolute Gasteiger partial charge is 0.126 e. The average Bonchev–Trinajstić information content (AvgIpc) is 2.40. The summed E-state index contributed by atoms with van der Waals surface area (Å²) in [5.74, 6) is 1.67. The molecule has 0 spiro atoms. The van der Waals surface area contributed by atoms with Gasteiger partial charge < -0.3 is 16.0 Å². The van der Waals surface area contributed by atoms with Gasteiger partial charge in [0.15, 0.2) is 0 Å². The lowest BCUT2D eigenvalue weighted by atomic mass is 9.84. The number of nitrogens with two attached hydrogens (primary N) is 1. The Labute approximate surface area is 113 Å². The predicted octanol–water partition coefficient (Wildman–Crippen LogP) is 1.22. The number of piperidine rings is 3. The molecule has 3 aliphatic heterocycles. The fraction of sp³-hybridized carbons (Fsp3) is 0.538. The second kappa shape index (κ2) is 4.82. The molecule has 3 fully saturated rings. The van der Waals surface area contributed by atoms with E-state index in [-0.39, 0.29) is 0 Å². The van der Waals surface area contributed by atoms with E-state index in [1.165, 1.54) is 25.9 Å². The third-order valence-corrected chi connectivity index (χ3v) is 4.27. The van der Waals surface area contributed by atoms with Crippen LogP contribution in [0.25, 0.3) is 0 Å². The van der Waals surface area contributed by atoms with Crippen molar-refractivity contribution in [2.45, 2.75) is 18.9 Å². The highest BCUT2D eigenvalue weighted by atomic mass is 32.1. The maximum Gasteiger partial charge on any atom is 0.126 e. The van der Waals surface area contributed by atoms with E-state index < -0.39 is 0 Å². The van der Waals surface area contributed by atoms with Gasteiger partial charge in [-0.25, -0.2) is 4.98 Å². The summed E-state index contributed by atoms with van der Waals surface area (Å²) in [6.45, 7) is 3.63. The Morgan fingerprint density at radius 3 is 2.83 bits per heavy atom. The fourth-order valence-electron chi connectivity index (χ4n) is 2.98. The van der Waals surface area contributed by atoms with Gasteiger partial charge in [0, 0.05) is 24.3 Å². The lowest BCUT2D eigenvalue weighted by Crippen LogP contribution is -2.53. The molecule has 18 heavy (non-hydrogen) atoms. The van der Waals surface area contributed by atoms with Gasteiger partial charge in [0.25, 0.3) is 0 Å². The largest absolute Gasteiger partial charge is 0.389 e. The van der Waals surface area contributed by atoms with E-state index in [2.05, 4.69) is 15.2 Å². The first kappa shape index (κ1) is 11.9. The van der Waals surface area contributed by atoms with Crippen LogP contribution < -0.4 is 11.1 Å². The van der Waals surface area contributed by atoms with Crippen molar-refractivity contribution in [3.63, 3.8) is 0 Å². The first-order chi connectivity index (χ1) is 8.72. The van der Waals surface area contributed by atoms with Gasteiger partial charge in [-0.05, 0) is 44.0 Å². The van der Waals surface area contributed by atoms with Crippen LogP contribution in [0.1, 0.15) is 18.4 Å². The zero-order chi connectivity index (χ0) is 12.5. The number of anilines is 1. The minimum Gasteiger partial charge on any atom is -0.389 e. The molecule has 2 bridgehead atoms. The summed E-state index contributed by atoms with van der Waals surface area (Å²) in [6, 6.07) is 4.31. The Kier molecular flexibility index (Phi) is 3.18. The molecule has 1 unspecified atom stereocenters. The minimum atomic E-state index is 0.425. The Balaban J connectivity index is 1.72. The highest BCUT2D eigenvalue weighted by molar-refractivity contribution is 7.80. The van der Waals surface area contributed by atoms with Crippen LogP contribution in [0.15, 0.2) is 18.3 Å². The second-order valence-corrected chi connectivity index (χ2v) is 5.62. The van der Waals surface area contributed by atoms with Gasteiger partial charge >= 0.3 is 0 Å². The van der Waals surface area contributed by atoms with Crippen molar-refractivity contribution in [1.29, 1.82) is 0 Å². The standard InChI is InChI=1S/C13H18N4S/c14-13(18)10-1-4-15-12(7-10)16-11-8-17-5-2-9(11)3-6-17/h1,4,7,9,11H,2-3,5-6,8H2,(H2,14,18)(H,15,16). The number of pyridine rings is 1. The van der Waals surface area contributed by atoms with E-state index in [0.29, 0.717) is 11.0 Å². The van der Waals surface area contributed by atoms with E-state index >= 15 is 0 Å². The number of fused-ring (bicyclic) bond motifs is 3. The monoisotopic (exact) mass is 262 g/mol. The molecule has 4 heterocycles. The van der Waals surface area contributed by atoms with E-state index in [1.54, 1.807) is 6.20 Å². The van der Waals surface area contributed by atoms with Crippen molar-refractivity contribution in [3.05, 3.63) is 23.9 Å². The molecule has 5 heteroatoms. The molecule has 3 N–H and O–H groups in total. The van der Waals surface area contributed by atoms with Gasteiger partial charge in [0.05, 0.1) is 0 Å². The molecule has 4 rings (SSSR count). The van der Waals surface area contributed by atoms with Crippen molar-refractivity contribution in [1.82, 2.24) is 9.88 Å². The normalized spacial score (nSPS) is 30.1. The Morgan fingerprint density at radius 1 is 1.44 bits per heavy atom. The summed E-state index contributed by atoms with van der Waals surface area (Å²) in [7, 11) is 0. The molecule has 0 aromatic carbocycles. The lowest BCUT2D eigenvalue weighted by molar-refractivity contribution is 0.0974. The number of hydrogen-bond acceptors (Lipinski definition) is 4. The van der Waals surface area contributed by atoms with Gasteiger partial charge in [0.1, 0.15) is 10.8 Å². The molecule has 0 amide bonds. The van der Waals surface area contributed by atoms with Gasteiger partial charge in [0.2, 0.25) is 0 Å². The van der Waals surface area contributed by atoms with Crippen LogP contribution >= 0.6 is 12.2 Å². The molecular weight excluding hydrogens is 244 g/mol. The Hall–Kier alpha value is -1.20. The fourth-order valence-corrected chi connectivity index (χ4v) is 3.11. The third-order valence-electron chi connectivity index (χ3n) is 4.03. The van der Waals surface area contributed by atoms with Crippen LogP contribution in [-0.2, 0) is 0 Å². The van der Waals surface area contributed by atoms with Gasteiger partial charge in [-0.15, -0.1) is 0 Å². The summed E-state index contributed by atoms with van der Waals surface area (Å²) in [5.41, 5.74) is 6.52. The first-order valence-electron chi connectivity index (χ1n) is 6.47. The molecule has 0 aliphatic carbocycles. The molecule has 0 radical (unpaired) electrons. The number of rotatable bonds is 3. The number of nitrogens with one attached hydrogen (secondary N) is 1. The van der Waals surface area contributed by atoms with E-state index in [9.17, 15) is 0 Å². The number of hydrogen-bond donors (Lipinski definition) is 2. The molecule has 1 atom stereocenters. The Morgan fingerprint density at radius 2 is 2.22 bits per heavy atom. The summed E-state index contributed by atoms with van der Waals surface area (Å²) in [5, 5.41) is 3.54. The van der Waals surface area contributed by atoms with Gasteiger partial charge in [-0.3, -0.25) is 0 Å². The lowest BCUT2D eigenvalue weighted by Gasteiger charge is -2.45. The summed E-state index contributed by atoms with van der Waals surface area (Å²) in [4.78, 5) is 7.30. The van der Waals surface area contributed by atoms with Crippen molar-refractivity contribution in [2.75, 3.05) is 25.0 Å². The van der Waals surface area contributed by atoms with Crippen LogP contribution in [0.5, 0.6) is 0 Å². The second-order valence-electron chi connectivity index (χ2n) is 5.18. The SMILES string of the molecule is NC(=S)c1ccnc(NC2CN3CCC2CC3)c1. The zero-order valence-corrected chi connectivity index (χ0v) is 11.1. The van der Waals surface area contributed by atoms with Crippen molar-refractivity contribution >= 4 is 23.0 Å². The third kappa shape index (κ3) is 2.33. The molecular formula is C13H18N4S. The summed E-state index contributed by atoms with van der Waals surface area (Å²) < 4.78 is 0. The van der Waals surface area contributed by atoms with Crippen molar-refractivity contribution < 1.29 is 0 Å². The molecule has 96 valence electrons. The summed E-state index contributed by atoms with van der Waals surface area (Å²) in [6.07, 6.45) is 4.36. The summed E-state index contributed by atoms with van der Waals surface area (Å²) >= 11 is 4.99. The molecule has 3 aliphatic rings. The van der Waals surface area contributed by atoms with Crippen LogP contribution in [0, 0.1) is 5.92 Å². The molecule has 1 aromatic heterocycles. The van der Waals surface area contributed by atoms with Crippen molar-refractivity contribution in [3.8, 4) is 0 Å². The number of thiocarbonyl (C=S) groups is 1. The quantitative estimate of drug-likeness (QED) is 0.802. The van der Waals surface area contributed by atoms with Crippen LogP contribution in [0.2, 0.25) is 0 Å². The molecule has 4 nitrogen and oxygen atoms in total. The highest BCUT2D eigenvalue weighted by Crippen LogP contribution is 2.29. The van der Waals surface area contributed by atoms with E-state index in [4.69, 9.17) is 18.0 Å². The molecule has 3 saturated heterocycles. The van der Waals surface area contributed by atoms with Crippen LogP contribution in [0.3, 0.4) is 0 Å². The maximum atomic E-state index is 5.64. The topological polar surface area (TPSA) is 54.2 Å². The van der Waals surface area contributed by atoms with Crippen LogP contribution in [-0.4, -0.2) is 40.5 Å². The zero-order valence-electron chi connectivity index (χ0n) is 10.3. The predicted molar refractivity (Wildman–Crippen MR) is 76.7 cm³/mol. The maximum absolute atomic E-state index is 5.64. The molecule has 0 saturated carbocycles.